The first-order valence-electron chi connectivity index (χ1n) is 7.47. The topological polar surface area (TPSA) is 56.4 Å². The van der Waals surface area contributed by atoms with E-state index in [0.29, 0.717) is 13.1 Å². The maximum Gasteiger partial charge on any atom is 0.260 e. The van der Waals surface area contributed by atoms with Crippen molar-refractivity contribution in [1.82, 2.24) is 14.8 Å². The minimum atomic E-state index is -0.320. The Balaban J connectivity index is 1.59. The van der Waals surface area contributed by atoms with Crippen LogP contribution in [0.1, 0.15) is 15.9 Å². The van der Waals surface area contributed by atoms with Crippen LogP contribution in [0, 0.1) is 0 Å². The van der Waals surface area contributed by atoms with Gasteiger partial charge in [0.2, 0.25) is 0 Å². The molecule has 3 rings (SSSR count). The Morgan fingerprint density at radius 1 is 1.00 bits per heavy atom. The summed E-state index contributed by atoms with van der Waals surface area (Å²) < 4.78 is 0. The largest absolute Gasteiger partial charge is 0.336 e. The molecule has 1 aliphatic heterocycles. The number of nitrogens with zero attached hydrogens (tertiary/aromatic N) is 2. The molecule has 1 N–H and O–H groups in total. The number of hydrogen-bond acceptors (Lipinski definition) is 3. The van der Waals surface area contributed by atoms with Crippen LogP contribution in [0.25, 0.3) is 0 Å². The molecule has 0 saturated carbocycles. The molecule has 1 fully saturated rings. The summed E-state index contributed by atoms with van der Waals surface area (Å²) in [5, 5.41) is 0. The molecule has 114 valence electrons. The molecule has 1 saturated heterocycles. The molecule has 1 aromatic heterocycles. The van der Waals surface area contributed by atoms with Gasteiger partial charge in [-0.1, -0.05) is 30.3 Å². The van der Waals surface area contributed by atoms with Crippen LogP contribution in [0.5, 0.6) is 0 Å². The number of piperazine rings is 1. The standard InChI is InChI=1S/C17H19N3O2/c21-16-15(7-4-8-18-16)17(22)20-11-9-19(10-12-20)13-14-5-2-1-3-6-14/h1-8H,9-13H2,(H,18,21). The highest BCUT2D eigenvalue weighted by Gasteiger charge is 2.23. The second-order valence-corrected chi connectivity index (χ2v) is 5.47. The van der Waals surface area contributed by atoms with Crippen molar-refractivity contribution in [2.45, 2.75) is 6.54 Å². The van der Waals surface area contributed by atoms with Crippen LogP contribution >= 0.6 is 0 Å². The van der Waals surface area contributed by atoms with Crippen LogP contribution in [0.3, 0.4) is 0 Å². The summed E-state index contributed by atoms with van der Waals surface area (Å²) in [4.78, 5) is 30.7. The van der Waals surface area contributed by atoms with E-state index >= 15 is 0 Å². The van der Waals surface area contributed by atoms with Crippen LogP contribution in [0.15, 0.2) is 53.5 Å². The molecule has 5 heteroatoms. The zero-order valence-corrected chi connectivity index (χ0v) is 12.4. The number of rotatable bonds is 3. The quantitative estimate of drug-likeness (QED) is 0.930. The summed E-state index contributed by atoms with van der Waals surface area (Å²) in [5.74, 6) is -0.179. The molecule has 22 heavy (non-hydrogen) atoms. The smallest absolute Gasteiger partial charge is 0.260 e. The highest BCUT2D eigenvalue weighted by Crippen LogP contribution is 2.10. The van der Waals surface area contributed by atoms with Gasteiger partial charge in [0.1, 0.15) is 5.56 Å². The molecule has 0 spiro atoms. The predicted molar refractivity (Wildman–Crippen MR) is 84.7 cm³/mol. The Bertz CT molecular complexity index is 688. The lowest BCUT2D eigenvalue weighted by molar-refractivity contribution is 0.0626. The van der Waals surface area contributed by atoms with E-state index < -0.39 is 0 Å². The van der Waals surface area contributed by atoms with Crippen LogP contribution in [-0.2, 0) is 6.54 Å². The summed E-state index contributed by atoms with van der Waals surface area (Å²) in [7, 11) is 0. The number of carbonyl (C=O) groups excluding carboxylic acids is 1. The van der Waals surface area contributed by atoms with Crippen molar-refractivity contribution in [3.05, 3.63) is 70.1 Å². The van der Waals surface area contributed by atoms with Gasteiger partial charge < -0.3 is 9.88 Å². The van der Waals surface area contributed by atoms with Crippen molar-refractivity contribution in [3.8, 4) is 0 Å². The molecule has 0 bridgehead atoms. The molecule has 1 aliphatic rings. The SMILES string of the molecule is O=C(c1ccc[nH]c1=O)N1CCN(Cc2ccccc2)CC1. The Labute approximate surface area is 129 Å². The third kappa shape index (κ3) is 3.26. The van der Waals surface area contributed by atoms with Crippen LogP contribution in [-0.4, -0.2) is 46.9 Å². The molecule has 0 unspecified atom stereocenters. The van der Waals surface area contributed by atoms with Gasteiger partial charge in [-0.05, 0) is 17.7 Å². The Morgan fingerprint density at radius 3 is 2.41 bits per heavy atom. The van der Waals surface area contributed by atoms with E-state index in [2.05, 4.69) is 22.0 Å². The van der Waals surface area contributed by atoms with E-state index in [9.17, 15) is 9.59 Å². The van der Waals surface area contributed by atoms with Crippen molar-refractivity contribution >= 4 is 5.91 Å². The van der Waals surface area contributed by atoms with Gasteiger partial charge in [0.05, 0.1) is 0 Å². The van der Waals surface area contributed by atoms with Gasteiger partial charge in [-0.2, -0.15) is 0 Å². The predicted octanol–water partition coefficient (Wildman–Crippen LogP) is 1.33. The maximum atomic E-state index is 12.4. The first-order chi connectivity index (χ1) is 10.7. The molecule has 1 aromatic carbocycles. The van der Waals surface area contributed by atoms with E-state index in [0.717, 1.165) is 19.6 Å². The summed E-state index contributed by atoms with van der Waals surface area (Å²) in [5.41, 5.74) is 1.18. The number of pyridine rings is 1. The fraction of sp³-hybridized carbons (Fsp3) is 0.294. The lowest BCUT2D eigenvalue weighted by Gasteiger charge is -2.34. The minimum Gasteiger partial charge on any atom is -0.336 e. The van der Waals surface area contributed by atoms with Crippen molar-refractivity contribution in [3.63, 3.8) is 0 Å². The molecule has 5 nitrogen and oxygen atoms in total. The summed E-state index contributed by atoms with van der Waals surface area (Å²) in [6, 6.07) is 13.6. The Hall–Kier alpha value is -2.40. The Kier molecular flexibility index (Phi) is 4.34. The highest BCUT2D eigenvalue weighted by molar-refractivity contribution is 5.93. The van der Waals surface area contributed by atoms with E-state index in [1.807, 2.05) is 18.2 Å². The number of carbonyl (C=O) groups is 1. The first-order valence-corrected chi connectivity index (χ1v) is 7.47. The average Bonchev–Trinajstić information content (AvgIpc) is 2.56. The lowest BCUT2D eigenvalue weighted by atomic mass is 10.2. The normalized spacial score (nSPS) is 15.7. The third-order valence-electron chi connectivity index (χ3n) is 3.96. The molecule has 0 radical (unpaired) electrons. The summed E-state index contributed by atoms with van der Waals surface area (Å²) in [6.45, 7) is 3.85. The second-order valence-electron chi connectivity index (χ2n) is 5.47. The van der Waals surface area contributed by atoms with Gasteiger partial charge in [-0.3, -0.25) is 14.5 Å². The van der Waals surface area contributed by atoms with E-state index in [4.69, 9.17) is 0 Å². The number of nitrogens with one attached hydrogen (secondary N) is 1. The number of amides is 1. The van der Waals surface area contributed by atoms with Gasteiger partial charge in [0.15, 0.2) is 0 Å². The molecule has 0 aliphatic carbocycles. The summed E-state index contributed by atoms with van der Waals surface area (Å²) in [6.07, 6.45) is 1.54. The number of hydrogen-bond donors (Lipinski definition) is 1. The van der Waals surface area contributed by atoms with Gasteiger partial charge in [-0.25, -0.2) is 0 Å². The van der Waals surface area contributed by atoms with Gasteiger partial charge in [0, 0.05) is 38.9 Å². The van der Waals surface area contributed by atoms with E-state index in [-0.39, 0.29) is 17.0 Å². The fourth-order valence-corrected chi connectivity index (χ4v) is 2.71. The Morgan fingerprint density at radius 2 is 1.73 bits per heavy atom. The minimum absolute atomic E-state index is 0.179. The van der Waals surface area contributed by atoms with Crippen LogP contribution in [0.2, 0.25) is 0 Å². The van der Waals surface area contributed by atoms with E-state index in [1.54, 1.807) is 17.0 Å². The zero-order chi connectivity index (χ0) is 15.4. The van der Waals surface area contributed by atoms with E-state index in [1.165, 1.54) is 11.8 Å². The second kappa shape index (κ2) is 6.58. The van der Waals surface area contributed by atoms with Gasteiger partial charge >= 0.3 is 0 Å². The number of aromatic nitrogens is 1. The number of benzene rings is 1. The fourth-order valence-electron chi connectivity index (χ4n) is 2.71. The number of aromatic amines is 1. The van der Waals surface area contributed by atoms with Gasteiger partial charge in [0.25, 0.3) is 11.5 Å². The third-order valence-corrected chi connectivity index (χ3v) is 3.96. The molecule has 0 atom stereocenters. The molecular formula is C17H19N3O2. The highest BCUT2D eigenvalue weighted by atomic mass is 16.2. The molecule has 2 heterocycles. The van der Waals surface area contributed by atoms with Gasteiger partial charge in [-0.15, -0.1) is 0 Å². The van der Waals surface area contributed by atoms with Crippen molar-refractivity contribution in [1.29, 1.82) is 0 Å². The first kappa shape index (κ1) is 14.5. The average molecular weight is 297 g/mol. The van der Waals surface area contributed by atoms with Crippen LogP contribution in [0.4, 0.5) is 0 Å². The monoisotopic (exact) mass is 297 g/mol. The van der Waals surface area contributed by atoms with Crippen molar-refractivity contribution < 1.29 is 4.79 Å². The zero-order valence-electron chi connectivity index (χ0n) is 12.4. The van der Waals surface area contributed by atoms with Crippen molar-refractivity contribution in [2.24, 2.45) is 0 Å². The maximum absolute atomic E-state index is 12.4. The van der Waals surface area contributed by atoms with Crippen LogP contribution < -0.4 is 5.56 Å². The lowest BCUT2D eigenvalue weighted by Crippen LogP contribution is -2.49. The molecular weight excluding hydrogens is 278 g/mol. The number of H-pyrrole nitrogens is 1. The summed E-state index contributed by atoms with van der Waals surface area (Å²) >= 11 is 0. The molecule has 2 aromatic rings. The molecule has 1 amide bonds. The van der Waals surface area contributed by atoms with Crippen molar-refractivity contribution in [2.75, 3.05) is 26.2 Å².